The molecule has 27 heavy (non-hydrogen) atoms. The van der Waals surface area contributed by atoms with Crippen LogP contribution in [0.5, 0.6) is 0 Å². The van der Waals surface area contributed by atoms with E-state index >= 15 is 0 Å². The largest absolute Gasteiger partial charge is 0.338 e. The molecule has 10 heteroatoms. The van der Waals surface area contributed by atoms with E-state index in [1.165, 1.54) is 9.21 Å². The molecule has 9 nitrogen and oxygen atoms in total. The SMILES string of the molecule is CC(C)S(=O)(=O)N1CCN(C(=O)Cn2c(=O)[nH]c3ccccc3c2=O)CC1. The van der Waals surface area contributed by atoms with Crippen LogP contribution in [0.25, 0.3) is 10.9 Å². The minimum absolute atomic E-state index is 0.204. The van der Waals surface area contributed by atoms with Crippen LogP contribution in [-0.2, 0) is 21.4 Å². The maximum atomic E-state index is 12.5. The number of aromatic nitrogens is 2. The molecule has 1 fully saturated rings. The van der Waals surface area contributed by atoms with Crippen molar-refractivity contribution >= 4 is 26.8 Å². The number of sulfonamides is 1. The predicted octanol–water partition coefficient (Wildman–Crippen LogP) is -0.428. The molecule has 1 N–H and O–H groups in total. The van der Waals surface area contributed by atoms with E-state index in [9.17, 15) is 22.8 Å². The maximum absolute atomic E-state index is 12.5. The number of aromatic amines is 1. The van der Waals surface area contributed by atoms with E-state index in [4.69, 9.17) is 0 Å². The highest BCUT2D eigenvalue weighted by Gasteiger charge is 2.31. The van der Waals surface area contributed by atoms with Crippen LogP contribution in [0, 0.1) is 0 Å². The number of rotatable bonds is 4. The third-order valence-corrected chi connectivity index (χ3v) is 7.01. The molecule has 2 aromatic rings. The second-order valence-corrected chi connectivity index (χ2v) is 9.23. The van der Waals surface area contributed by atoms with Gasteiger partial charge in [0, 0.05) is 26.2 Å². The lowest BCUT2D eigenvalue weighted by Crippen LogP contribution is -2.53. The van der Waals surface area contributed by atoms with E-state index < -0.39 is 26.5 Å². The van der Waals surface area contributed by atoms with E-state index in [0.717, 1.165) is 4.57 Å². The highest BCUT2D eigenvalue weighted by Crippen LogP contribution is 2.12. The van der Waals surface area contributed by atoms with Gasteiger partial charge in [0.2, 0.25) is 15.9 Å². The summed E-state index contributed by atoms with van der Waals surface area (Å²) in [7, 11) is -3.36. The molecule has 3 rings (SSSR count). The summed E-state index contributed by atoms with van der Waals surface area (Å²) in [6.45, 7) is 3.72. The zero-order valence-corrected chi connectivity index (χ0v) is 16.0. The summed E-state index contributed by atoms with van der Waals surface area (Å²) in [5.41, 5.74) is -0.750. The summed E-state index contributed by atoms with van der Waals surface area (Å²) in [5.74, 6) is -0.389. The molecule has 1 aliphatic heterocycles. The lowest BCUT2D eigenvalue weighted by Gasteiger charge is -2.34. The van der Waals surface area contributed by atoms with Crippen LogP contribution in [0.4, 0.5) is 0 Å². The Morgan fingerprint density at radius 1 is 1.11 bits per heavy atom. The van der Waals surface area contributed by atoms with Gasteiger partial charge >= 0.3 is 5.69 Å². The first kappa shape index (κ1) is 19.3. The number of nitrogens with zero attached hydrogens (tertiary/aromatic N) is 3. The van der Waals surface area contributed by atoms with Gasteiger partial charge in [-0.3, -0.25) is 14.2 Å². The lowest BCUT2D eigenvalue weighted by molar-refractivity contribution is -0.133. The summed E-state index contributed by atoms with van der Waals surface area (Å²) >= 11 is 0. The second-order valence-electron chi connectivity index (χ2n) is 6.74. The fourth-order valence-corrected chi connectivity index (χ4v) is 4.34. The lowest BCUT2D eigenvalue weighted by atomic mass is 10.2. The molecular formula is C17H22N4O5S. The molecule has 0 aliphatic carbocycles. The predicted molar refractivity (Wildman–Crippen MR) is 101 cm³/mol. The van der Waals surface area contributed by atoms with Crippen molar-refractivity contribution < 1.29 is 13.2 Å². The van der Waals surface area contributed by atoms with Crippen LogP contribution >= 0.6 is 0 Å². The number of para-hydroxylation sites is 1. The second kappa shape index (κ2) is 7.28. The molecule has 1 aliphatic rings. The molecule has 0 bridgehead atoms. The number of carbonyl (C=O) groups excluding carboxylic acids is 1. The Morgan fingerprint density at radius 3 is 2.37 bits per heavy atom. The number of amides is 1. The Morgan fingerprint density at radius 2 is 1.74 bits per heavy atom. The van der Waals surface area contributed by atoms with Gasteiger partial charge in [-0.1, -0.05) is 12.1 Å². The molecule has 0 spiro atoms. The Bertz CT molecular complexity index is 1080. The molecule has 0 radical (unpaired) electrons. The maximum Gasteiger partial charge on any atom is 0.329 e. The minimum atomic E-state index is -3.36. The quantitative estimate of drug-likeness (QED) is 0.756. The zero-order valence-electron chi connectivity index (χ0n) is 15.2. The average Bonchev–Trinajstić information content (AvgIpc) is 2.65. The van der Waals surface area contributed by atoms with Crippen molar-refractivity contribution in [1.82, 2.24) is 18.8 Å². The zero-order chi connectivity index (χ0) is 19.8. The van der Waals surface area contributed by atoms with Gasteiger partial charge in [0.05, 0.1) is 16.2 Å². The van der Waals surface area contributed by atoms with Gasteiger partial charge in [-0.25, -0.2) is 13.2 Å². The Hall–Kier alpha value is -2.46. The molecule has 0 unspecified atom stereocenters. The van der Waals surface area contributed by atoms with E-state index in [-0.39, 0.29) is 38.6 Å². The van der Waals surface area contributed by atoms with Gasteiger partial charge in [0.25, 0.3) is 5.56 Å². The third-order valence-electron chi connectivity index (χ3n) is 4.73. The smallest absolute Gasteiger partial charge is 0.329 e. The van der Waals surface area contributed by atoms with Gasteiger partial charge in [-0.05, 0) is 26.0 Å². The highest BCUT2D eigenvalue weighted by molar-refractivity contribution is 7.89. The molecule has 0 saturated carbocycles. The molecule has 0 atom stereocenters. The summed E-state index contributed by atoms with van der Waals surface area (Å²) in [4.78, 5) is 41.3. The monoisotopic (exact) mass is 394 g/mol. The number of piperazine rings is 1. The van der Waals surface area contributed by atoms with E-state index in [2.05, 4.69) is 4.98 Å². The molecule has 1 amide bonds. The first-order chi connectivity index (χ1) is 12.7. The van der Waals surface area contributed by atoms with E-state index in [1.54, 1.807) is 38.1 Å². The summed E-state index contributed by atoms with van der Waals surface area (Å²) in [6.07, 6.45) is 0. The van der Waals surface area contributed by atoms with Crippen molar-refractivity contribution in [2.45, 2.75) is 25.6 Å². The molecule has 146 valence electrons. The number of H-pyrrole nitrogens is 1. The third kappa shape index (κ3) is 3.67. The Balaban J connectivity index is 1.75. The van der Waals surface area contributed by atoms with Crippen LogP contribution < -0.4 is 11.2 Å². The standard InChI is InChI=1S/C17H22N4O5S/c1-12(2)27(25,26)20-9-7-19(8-10-20)15(22)11-21-16(23)13-5-3-4-6-14(13)18-17(21)24/h3-6,12H,7-11H2,1-2H3,(H,18,24). The number of hydrogen-bond acceptors (Lipinski definition) is 5. The number of benzene rings is 1. The fourth-order valence-electron chi connectivity index (χ4n) is 3.07. The molecule has 2 heterocycles. The molecular weight excluding hydrogens is 372 g/mol. The Labute approximate surface area is 156 Å². The normalized spacial score (nSPS) is 16.2. The average molecular weight is 394 g/mol. The van der Waals surface area contributed by atoms with Gasteiger partial charge in [0.15, 0.2) is 0 Å². The van der Waals surface area contributed by atoms with E-state index in [0.29, 0.717) is 10.9 Å². The van der Waals surface area contributed by atoms with Crippen molar-refractivity contribution in [3.8, 4) is 0 Å². The molecule has 1 saturated heterocycles. The van der Waals surface area contributed by atoms with Crippen molar-refractivity contribution in [3.05, 3.63) is 45.1 Å². The number of fused-ring (bicyclic) bond motifs is 1. The highest BCUT2D eigenvalue weighted by atomic mass is 32.2. The summed E-state index contributed by atoms with van der Waals surface area (Å²) in [6, 6.07) is 6.60. The number of hydrogen-bond donors (Lipinski definition) is 1. The number of nitrogens with one attached hydrogen (secondary N) is 1. The first-order valence-electron chi connectivity index (χ1n) is 8.70. The van der Waals surface area contributed by atoms with Gasteiger partial charge in [0.1, 0.15) is 6.54 Å². The topological polar surface area (TPSA) is 113 Å². The molecule has 1 aromatic heterocycles. The van der Waals surface area contributed by atoms with Crippen LogP contribution in [-0.4, -0.2) is 64.5 Å². The van der Waals surface area contributed by atoms with Crippen molar-refractivity contribution in [1.29, 1.82) is 0 Å². The Kier molecular flexibility index (Phi) is 5.20. The molecule has 1 aromatic carbocycles. The summed E-state index contributed by atoms with van der Waals surface area (Å²) < 4.78 is 26.6. The minimum Gasteiger partial charge on any atom is -0.338 e. The first-order valence-corrected chi connectivity index (χ1v) is 10.2. The van der Waals surface area contributed by atoms with Crippen LogP contribution in [0.3, 0.4) is 0 Å². The number of carbonyl (C=O) groups is 1. The van der Waals surface area contributed by atoms with Crippen LogP contribution in [0.2, 0.25) is 0 Å². The van der Waals surface area contributed by atoms with E-state index in [1.807, 2.05) is 0 Å². The summed E-state index contributed by atoms with van der Waals surface area (Å²) in [5, 5.41) is -0.188. The van der Waals surface area contributed by atoms with Crippen molar-refractivity contribution in [3.63, 3.8) is 0 Å². The van der Waals surface area contributed by atoms with Crippen LogP contribution in [0.15, 0.2) is 33.9 Å². The van der Waals surface area contributed by atoms with Gasteiger partial charge < -0.3 is 9.88 Å². The van der Waals surface area contributed by atoms with Crippen LogP contribution in [0.1, 0.15) is 13.8 Å². The van der Waals surface area contributed by atoms with Gasteiger partial charge in [-0.2, -0.15) is 4.31 Å². The van der Waals surface area contributed by atoms with Gasteiger partial charge in [-0.15, -0.1) is 0 Å². The van der Waals surface area contributed by atoms with Crippen molar-refractivity contribution in [2.24, 2.45) is 0 Å². The fraction of sp³-hybridized carbons (Fsp3) is 0.471. The van der Waals surface area contributed by atoms with Crippen molar-refractivity contribution in [2.75, 3.05) is 26.2 Å².